The van der Waals surface area contributed by atoms with Crippen LogP contribution in [0.25, 0.3) is 0 Å². The van der Waals surface area contributed by atoms with Crippen LogP contribution in [0.3, 0.4) is 0 Å². The molecule has 0 fully saturated rings. The molecule has 0 spiro atoms. The molecule has 1 aromatic heterocycles. The van der Waals surface area contributed by atoms with E-state index in [1.165, 1.54) is 0 Å². The molecule has 0 saturated carbocycles. The second-order valence-electron chi connectivity index (χ2n) is 3.71. The summed E-state index contributed by atoms with van der Waals surface area (Å²) < 4.78 is 1.31. The van der Waals surface area contributed by atoms with Crippen molar-refractivity contribution in [2.45, 2.75) is 24.2 Å². The van der Waals surface area contributed by atoms with Crippen molar-refractivity contribution in [3.8, 4) is 0 Å². The van der Waals surface area contributed by atoms with Crippen LogP contribution in [0.1, 0.15) is 20.8 Å². The van der Waals surface area contributed by atoms with Gasteiger partial charge in [0.2, 0.25) is 0 Å². The number of aromatic nitrogens is 2. The summed E-state index contributed by atoms with van der Waals surface area (Å²) in [6.45, 7) is 6.60. The number of hydrogen-bond donors (Lipinski definition) is 0. The average Bonchev–Trinajstić information content (AvgIpc) is 1.94. The summed E-state index contributed by atoms with van der Waals surface area (Å²) in [5.74, 6) is 0. The minimum absolute atomic E-state index is 0.296. The summed E-state index contributed by atoms with van der Waals surface area (Å²) in [5, 5.41) is 0.954. The normalized spacial score (nSPS) is 11.8. The molecule has 1 heterocycles. The summed E-state index contributed by atoms with van der Waals surface area (Å²) in [6, 6.07) is 0. The van der Waals surface area contributed by atoms with Crippen molar-refractivity contribution in [2.75, 3.05) is 0 Å². The Morgan fingerprint density at radius 2 is 1.92 bits per heavy atom. The molecular formula is C8H10Cl2N2Sn. The Kier molecular flexibility index (Phi) is 3.83. The summed E-state index contributed by atoms with van der Waals surface area (Å²) in [6.07, 6.45) is 1.58. The Morgan fingerprint density at radius 1 is 1.31 bits per heavy atom. The van der Waals surface area contributed by atoms with Crippen LogP contribution in [-0.4, -0.2) is 31.1 Å². The molecule has 0 saturated heterocycles. The van der Waals surface area contributed by atoms with Crippen molar-refractivity contribution in [2.24, 2.45) is 0 Å². The van der Waals surface area contributed by atoms with E-state index in [1.807, 2.05) is 0 Å². The molecule has 0 aliphatic carbocycles. The van der Waals surface area contributed by atoms with Crippen molar-refractivity contribution < 1.29 is 0 Å². The zero-order valence-electron chi connectivity index (χ0n) is 7.73. The number of nitrogens with zero attached hydrogens (tertiary/aromatic N) is 2. The molecule has 0 unspecified atom stereocenters. The van der Waals surface area contributed by atoms with E-state index in [4.69, 9.17) is 23.2 Å². The number of rotatable bonds is 1. The molecule has 2 nitrogen and oxygen atoms in total. The molecule has 5 heteroatoms. The van der Waals surface area contributed by atoms with Gasteiger partial charge in [0.25, 0.3) is 0 Å². The fraction of sp³-hybridized carbons (Fsp3) is 0.500. The van der Waals surface area contributed by atoms with Gasteiger partial charge in [0, 0.05) is 0 Å². The topological polar surface area (TPSA) is 25.8 Å². The molecule has 0 bridgehead atoms. The minimum atomic E-state index is -0.780. The van der Waals surface area contributed by atoms with Crippen LogP contribution in [0.4, 0.5) is 0 Å². The Hall–Kier alpha value is 0.459. The standard InChI is InChI=1S/C4HCl2N2.C4H9.Sn/c5-3-1-7-4(6)8-2-3;1-4(2)3;/h1H;1-3H3;. The third kappa shape index (κ3) is 4.00. The summed E-state index contributed by atoms with van der Waals surface area (Å²) in [5.41, 5.74) is 0. The Morgan fingerprint density at radius 3 is 2.46 bits per heavy atom. The molecule has 2 radical (unpaired) electrons. The van der Waals surface area contributed by atoms with Gasteiger partial charge in [-0.1, -0.05) is 0 Å². The zero-order chi connectivity index (χ0) is 10.1. The Labute approximate surface area is 98.3 Å². The van der Waals surface area contributed by atoms with Gasteiger partial charge < -0.3 is 0 Å². The van der Waals surface area contributed by atoms with Crippen LogP contribution in [0.5, 0.6) is 0 Å². The van der Waals surface area contributed by atoms with Crippen LogP contribution in [0, 0.1) is 0 Å². The van der Waals surface area contributed by atoms with Crippen molar-refractivity contribution in [3.05, 3.63) is 16.5 Å². The molecular weight excluding hydrogens is 314 g/mol. The third-order valence-corrected chi connectivity index (χ3v) is 6.02. The zero-order valence-corrected chi connectivity index (χ0v) is 12.1. The molecule has 1 rings (SSSR count). The van der Waals surface area contributed by atoms with Crippen molar-refractivity contribution >= 4 is 48.1 Å². The van der Waals surface area contributed by atoms with Gasteiger partial charge in [-0.3, -0.25) is 0 Å². The van der Waals surface area contributed by atoms with E-state index in [9.17, 15) is 0 Å². The average molecular weight is 324 g/mol. The molecule has 1 aromatic rings. The van der Waals surface area contributed by atoms with Gasteiger partial charge in [0.15, 0.2) is 0 Å². The Bertz CT molecular complexity index is 310. The molecule has 0 atom stereocenters. The second-order valence-corrected chi connectivity index (χ2v) is 10.8. The van der Waals surface area contributed by atoms with Gasteiger partial charge in [-0.2, -0.15) is 0 Å². The SMILES string of the molecule is C[C](C)(C)[Sn][c]1nc(Cl)ncc1Cl. The summed E-state index contributed by atoms with van der Waals surface area (Å²) in [4.78, 5) is 7.97. The number of halogens is 2. The first-order valence-electron chi connectivity index (χ1n) is 3.85. The van der Waals surface area contributed by atoms with Gasteiger partial charge in [0.1, 0.15) is 0 Å². The van der Waals surface area contributed by atoms with E-state index < -0.39 is 21.1 Å². The fourth-order valence-electron chi connectivity index (χ4n) is 0.788. The summed E-state index contributed by atoms with van der Waals surface area (Å²) in [7, 11) is 0. The Balaban J connectivity index is 2.94. The molecule has 0 aliphatic rings. The molecule has 0 amide bonds. The number of hydrogen-bond acceptors (Lipinski definition) is 2. The van der Waals surface area contributed by atoms with E-state index in [0.29, 0.717) is 13.7 Å². The third-order valence-electron chi connectivity index (χ3n) is 1.21. The van der Waals surface area contributed by atoms with Crippen LogP contribution >= 0.6 is 23.2 Å². The maximum atomic E-state index is 5.96. The van der Waals surface area contributed by atoms with Gasteiger partial charge in [-0.05, 0) is 0 Å². The van der Waals surface area contributed by atoms with E-state index in [2.05, 4.69) is 30.7 Å². The van der Waals surface area contributed by atoms with Gasteiger partial charge in [-0.25, -0.2) is 0 Å². The van der Waals surface area contributed by atoms with E-state index in [1.54, 1.807) is 6.20 Å². The first kappa shape index (κ1) is 11.5. The van der Waals surface area contributed by atoms with Gasteiger partial charge in [-0.15, -0.1) is 0 Å². The van der Waals surface area contributed by atoms with Crippen LogP contribution in [0.15, 0.2) is 6.20 Å². The van der Waals surface area contributed by atoms with Crippen molar-refractivity contribution in [3.63, 3.8) is 0 Å². The monoisotopic (exact) mass is 324 g/mol. The van der Waals surface area contributed by atoms with Gasteiger partial charge in [0.05, 0.1) is 0 Å². The predicted molar refractivity (Wildman–Crippen MR) is 57.2 cm³/mol. The first-order chi connectivity index (χ1) is 5.88. The van der Waals surface area contributed by atoms with Crippen molar-refractivity contribution in [1.29, 1.82) is 0 Å². The van der Waals surface area contributed by atoms with E-state index in [0.717, 1.165) is 3.71 Å². The predicted octanol–water partition coefficient (Wildman–Crippen LogP) is 2.33. The van der Waals surface area contributed by atoms with Crippen LogP contribution in [0.2, 0.25) is 13.7 Å². The molecule has 0 N–H and O–H groups in total. The van der Waals surface area contributed by atoms with Gasteiger partial charge >= 0.3 is 98.7 Å². The maximum absolute atomic E-state index is 5.96. The molecule has 0 aliphatic heterocycles. The van der Waals surface area contributed by atoms with Crippen LogP contribution in [-0.2, 0) is 0 Å². The van der Waals surface area contributed by atoms with Crippen molar-refractivity contribution in [1.82, 2.24) is 9.97 Å². The van der Waals surface area contributed by atoms with E-state index >= 15 is 0 Å². The second kappa shape index (κ2) is 4.32. The quantitative estimate of drug-likeness (QED) is 0.585. The van der Waals surface area contributed by atoms with E-state index in [-0.39, 0.29) is 0 Å². The molecule has 70 valence electrons. The first-order valence-corrected chi connectivity index (χ1v) is 7.46. The molecule has 0 aromatic carbocycles. The summed E-state index contributed by atoms with van der Waals surface area (Å²) >= 11 is 10.9. The van der Waals surface area contributed by atoms with Crippen LogP contribution < -0.4 is 3.71 Å². The molecule has 13 heavy (non-hydrogen) atoms. The fourth-order valence-corrected chi connectivity index (χ4v) is 4.55.